The summed E-state index contributed by atoms with van der Waals surface area (Å²) in [5, 5.41) is 15.8. The van der Waals surface area contributed by atoms with Gasteiger partial charge < -0.3 is 5.11 Å². The van der Waals surface area contributed by atoms with E-state index in [1.54, 1.807) is 10.9 Å². The molecule has 0 radical (unpaired) electrons. The second kappa shape index (κ2) is 7.59. The number of carbonyl (C=O) groups excluding carboxylic acids is 1. The van der Waals surface area contributed by atoms with Gasteiger partial charge >= 0.3 is 0 Å². The van der Waals surface area contributed by atoms with Crippen LogP contribution in [0.2, 0.25) is 0 Å². The van der Waals surface area contributed by atoms with Gasteiger partial charge in [-0.1, -0.05) is 13.8 Å². The number of Topliss-reactive ketones (excluding diaryl/α,β-unsaturated/α-hetero) is 1. The Balaban J connectivity index is 1.21. The molecular formula is C28H38FN3O2. The highest BCUT2D eigenvalue weighted by Crippen LogP contribution is 2.68. The predicted octanol–water partition coefficient (Wildman–Crippen LogP) is 5.55. The van der Waals surface area contributed by atoms with Crippen LogP contribution in [0.5, 0.6) is 0 Å². The molecule has 6 rings (SSSR count). The van der Waals surface area contributed by atoms with Gasteiger partial charge in [0, 0.05) is 17.4 Å². The number of aliphatic hydroxyl groups is 1. The SMILES string of the molecule is C[C@@]1(O)CC[C@@]2(C)[C@@H](CC[C@@H]3[C@@H]2CC[C@]2(C)[C@@H](C(=O)Cn4ncc5cc(F)ncc54)CC[C@@H]32)C1. The van der Waals surface area contributed by atoms with Crippen molar-refractivity contribution in [2.45, 2.75) is 90.7 Å². The maximum atomic E-state index is 13.6. The van der Waals surface area contributed by atoms with E-state index in [2.05, 4.69) is 23.9 Å². The van der Waals surface area contributed by atoms with Crippen LogP contribution in [0.25, 0.3) is 10.9 Å². The zero-order valence-electron chi connectivity index (χ0n) is 20.8. The first-order chi connectivity index (χ1) is 16.1. The standard InChI is InChI=1S/C28H38FN3O2/c1-26(34)10-11-27(2)18(13-26)4-5-19-20-6-7-22(28(20,3)9-8-21(19)27)24(33)16-32-23-15-30-25(29)12-17(23)14-31-32/h12,14-15,18-22,34H,4-11,13,16H2,1-3H3/t18-,19-,20-,21-,22+,26+,27-,28-/m0/s1. The van der Waals surface area contributed by atoms with Crippen molar-refractivity contribution in [2.24, 2.45) is 40.4 Å². The fourth-order valence-electron chi connectivity index (χ4n) is 9.29. The molecule has 5 nitrogen and oxygen atoms in total. The number of rotatable bonds is 3. The summed E-state index contributed by atoms with van der Waals surface area (Å²) in [4.78, 5) is 17.4. The maximum absolute atomic E-state index is 13.6. The molecule has 0 saturated heterocycles. The van der Waals surface area contributed by atoms with Crippen molar-refractivity contribution in [1.29, 1.82) is 0 Å². The fraction of sp³-hybridized carbons (Fsp3) is 0.750. The van der Waals surface area contributed by atoms with Crippen molar-refractivity contribution in [2.75, 3.05) is 0 Å². The zero-order chi connectivity index (χ0) is 23.9. The summed E-state index contributed by atoms with van der Waals surface area (Å²) in [7, 11) is 0. The molecule has 2 aromatic rings. The molecule has 8 atom stereocenters. The highest BCUT2D eigenvalue weighted by molar-refractivity contribution is 5.84. The number of carbonyl (C=O) groups is 1. The Morgan fingerprint density at radius 3 is 2.68 bits per heavy atom. The molecule has 2 heterocycles. The van der Waals surface area contributed by atoms with Gasteiger partial charge in [-0.2, -0.15) is 9.49 Å². The van der Waals surface area contributed by atoms with Gasteiger partial charge in [0.1, 0.15) is 6.54 Å². The summed E-state index contributed by atoms with van der Waals surface area (Å²) >= 11 is 0. The number of hydrogen-bond donors (Lipinski definition) is 1. The van der Waals surface area contributed by atoms with Crippen molar-refractivity contribution in [3.05, 3.63) is 24.4 Å². The van der Waals surface area contributed by atoms with Crippen LogP contribution >= 0.6 is 0 Å². The third-order valence-corrected chi connectivity index (χ3v) is 11.1. The number of pyridine rings is 1. The second-order valence-corrected chi connectivity index (χ2v) is 12.9. The fourth-order valence-corrected chi connectivity index (χ4v) is 9.29. The molecule has 0 spiro atoms. The van der Waals surface area contributed by atoms with Crippen molar-refractivity contribution < 1.29 is 14.3 Å². The smallest absolute Gasteiger partial charge is 0.213 e. The van der Waals surface area contributed by atoms with E-state index in [1.165, 1.54) is 31.5 Å². The van der Waals surface area contributed by atoms with Gasteiger partial charge in [0.2, 0.25) is 5.95 Å². The zero-order valence-corrected chi connectivity index (χ0v) is 20.8. The lowest BCUT2D eigenvalue weighted by Crippen LogP contribution is -2.55. The van der Waals surface area contributed by atoms with Crippen LogP contribution in [0.15, 0.2) is 18.5 Å². The van der Waals surface area contributed by atoms with E-state index in [1.807, 2.05) is 6.92 Å². The first-order valence-corrected chi connectivity index (χ1v) is 13.3. The lowest BCUT2D eigenvalue weighted by atomic mass is 9.44. The molecule has 4 fully saturated rings. The Morgan fingerprint density at radius 1 is 1.06 bits per heavy atom. The lowest BCUT2D eigenvalue weighted by Gasteiger charge is -2.61. The minimum atomic E-state index is -0.522. The summed E-state index contributed by atoms with van der Waals surface area (Å²) in [6.45, 7) is 7.18. The molecule has 4 aliphatic carbocycles. The molecule has 0 amide bonds. The molecule has 2 aromatic heterocycles. The highest BCUT2D eigenvalue weighted by Gasteiger charge is 2.61. The van der Waals surface area contributed by atoms with Crippen LogP contribution in [0.4, 0.5) is 4.39 Å². The Kier molecular flexibility index (Phi) is 5.05. The van der Waals surface area contributed by atoms with Crippen LogP contribution in [-0.2, 0) is 11.3 Å². The van der Waals surface area contributed by atoms with Crippen LogP contribution in [0.1, 0.15) is 78.6 Å². The Bertz CT molecular complexity index is 1130. The number of ketones is 1. The third kappa shape index (κ3) is 3.30. The van der Waals surface area contributed by atoms with Gasteiger partial charge in [-0.15, -0.1) is 0 Å². The van der Waals surface area contributed by atoms with E-state index in [4.69, 9.17) is 0 Å². The third-order valence-electron chi connectivity index (χ3n) is 11.1. The number of hydrogen-bond acceptors (Lipinski definition) is 4. The van der Waals surface area contributed by atoms with Gasteiger partial charge in [0.25, 0.3) is 0 Å². The molecular weight excluding hydrogens is 429 g/mol. The summed E-state index contributed by atoms with van der Waals surface area (Å²) in [6, 6.07) is 1.37. The molecule has 0 aromatic carbocycles. The van der Waals surface area contributed by atoms with Crippen LogP contribution in [0, 0.1) is 46.4 Å². The number of nitrogens with zero attached hydrogens (tertiary/aromatic N) is 3. The van der Waals surface area contributed by atoms with Crippen molar-refractivity contribution in [3.8, 4) is 0 Å². The maximum Gasteiger partial charge on any atom is 0.213 e. The second-order valence-electron chi connectivity index (χ2n) is 12.9. The van der Waals surface area contributed by atoms with E-state index in [0.717, 1.165) is 50.0 Å². The molecule has 34 heavy (non-hydrogen) atoms. The number of fused-ring (bicyclic) bond motifs is 6. The monoisotopic (exact) mass is 467 g/mol. The van der Waals surface area contributed by atoms with Crippen molar-refractivity contribution in [3.63, 3.8) is 0 Å². The molecule has 1 N–H and O–H groups in total. The quantitative estimate of drug-likeness (QED) is 0.601. The van der Waals surface area contributed by atoms with Crippen molar-refractivity contribution >= 4 is 16.7 Å². The average Bonchev–Trinajstić information content (AvgIpc) is 3.34. The highest BCUT2D eigenvalue weighted by atomic mass is 19.1. The first-order valence-electron chi connectivity index (χ1n) is 13.3. The summed E-state index contributed by atoms with van der Waals surface area (Å²) in [5.74, 6) is 2.50. The summed E-state index contributed by atoms with van der Waals surface area (Å²) < 4.78 is 15.2. The molecule has 6 heteroatoms. The molecule has 184 valence electrons. The van der Waals surface area contributed by atoms with E-state index < -0.39 is 11.5 Å². The van der Waals surface area contributed by atoms with Crippen molar-refractivity contribution in [1.82, 2.24) is 14.8 Å². The molecule has 4 saturated carbocycles. The number of aromatic nitrogens is 3. The van der Waals surface area contributed by atoms with E-state index in [0.29, 0.717) is 28.6 Å². The summed E-state index contributed by atoms with van der Waals surface area (Å²) in [6.07, 6.45) is 13.1. The summed E-state index contributed by atoms with van der Waals surface area (Å²) in [5.41, 5.74) is 0.626. The van der Waals surface area contributed by atoms with Gasteiger partial charge in [0.05, 0.1) is 23.5 Å². The lowest BCUT2D eigenvalue weighted by molar-refractivity contribution is -0.151. The first kappa shape index (κ1) is 22.6. The van der Waals surface area contributed by atoms with Crippen LogP contribution in [0.3, 0.4) is 0 Å². The average molecular weight is 468 g/mol. The topological polar surface area (TPSA) is 68.0 Å². The van der Waals surface area contributed by atoms with Gasteiger partial charge in [-0.05, 0) is 99.2 Å². The molecule has 4 aliphatic rings. The Labute approximate surface area is 201 Å². The Morgan fingerprint density at radius 2 is 1.85 bits per heavy atom. The van der Waals surface area contributed by atoms with Gasteiger partial charge in [0.15, 0.2) is 5.78 Å². The Hall–Kier alpha value is -1.82. The van der Waals surface area contributed by atoms with E-state index >= 15 is 0 Å². The van der Waals surface area contributed by atoms with E-state index in [9.17, 15) is 14.3 Å². The van der Waals surface area contributed by atoms with Crippen LogP contribution < -0.4 is 0 Å². The normalized spacial score (nSPS) is 43.9. The van der Waals surface area contributed by atoms with E-state index in [-0.39, 0.29) is 23.7 Å². The van der Waals surface area contributed by atoms with Gasteiger partial charge in [-0.3, -0.25) is 9.48 Å². The largest absolute Gasteiger partial charge is 0.390 e. The van der Waals surface area contributed by atoms with Gasteiger partial charge in [-0.25, -0.2) is 4.98 Å². The minimum absolute atomic E-state index is 0.0644. The predicted molar refractivity (Wildman–Crippen MR) is 128 cm³/mol. The molecule has 0 unspecified atom stereocenters. The molecule has 0 bridgehead atoms. The van der Waals surface area contributed by atoms with Crippen LogP contribution in [-0.4, -0.2) is 31.3 Å². The number of halogens is 1. The molecule has 0 aliphatic heterocycles. The minimum Gasteiger partial charge on any atom is -0.390 e.